The summed E-state index contributed by atoms with van der Waals surface area (Å²) in [5.41, 5.74) is 0. The third kappa shape index (κ3) is 8.88. The van der Waals surface area contributed by atoms with Crippen LogP contribution < -0.4 is 4.86 Å². The van der Waals surface area contributed by atoms with Crippen LogP contribution in [-0.4, -0.2) is 6.61 Å². The maximum absolute atomic E-state index is 5.13. The van der Waals surface area contributed by atoms with Gasteiger partial charge in [-0.3, -0.25) is 0 Å². The first-order valence-electron chi connectivity index (χ1n) is 2.63. The molecule has 0 saturated heterocycles. The minimum Gasteiger partial charge on any atom is -0.346 e. The molecular formula is C3H11N2OP3. The highest BCUT2D eigenvalue weighted by atomic mass is 31.1. The van der Waals surface area contributed by atoms with E-state index in [4.69, 9.17) is 4.52 Å². The SMILES string of the molecule is CCCOPNP=NP. The molecule has 1 N–H and O–H groups in total. The minimum absolute atomic E-state index is 0.376. The summed E-state index contributed by atoms with van der Waals surface area (Å²) in [6.07, 6.45) is 1.07. The molecule has 0 saturated carbocycles. The van der Waals surface area contributed by atoms with Crippen LogP contribution in [0.2, 0.25) is 0 Å². The van der Waals surface area contributed by atoms with Crippen LogP contribution in [0.3, 0.4) is 0 Å². The average Bonchev–Trinajstić information content (AvgIpc) is 1.89. The van der Waals surface area contributed by atoms with Crippen molar-refractivity contribution in [3.8, 4) is 0 Å². The summed E-state index contributed by atoms with van der Waals surface area (Å²) in [7, 11) is 3.52. The average molecular weight is 184 g/mol. The molecule has 0 fully saturated rings. The standard InChI is InChI=1S/C3H11N2OP3/c1-2-3-6-9-5-8-4-7/h9H,2-3,7H2,1H3,(H,4,5). The van der Waals surface area contributed by atoms with E-state index < -0.39 is 0 Å². The molecule has 0 aromatic rings. The molecule has 0 aliphatic carbocycles. The summed E-state index contributed by atoms with van der Waals surface area (Å²) >= 11 is 0. The molecule has 0 aromatic heterocycles. The van der Waals surface area contributed by atoms with E-state index in [2.05, 4.69) is 25.7 Å². The van der Waals surface area contributed by atoms with Crippen LogP contribution in [0.25, 0.3) is 0 Å². The van der Waals surface area contributed by atoms with Crippen molar-refractivity contribution >= 4 is 26.9 Å². The zero-order valence-corrected chi connectivity index (χ0v) is 8.34. The van der Waals surface area contributed by atoms with E-state index in [9.17, 15) is 0 Å². The number of nitrogens with one attached hydrogen (secondary N) is 1. The Balaban J connectivity index is 2.75. The van der Waals surface area contributed by atoms with Crippen LogP contribution in [0.1, 0.15) is 13.3 Å². The lowest BCUT2D eigenvalue weighted by molar-refractivity contribution is 0.361. The molecule has 0 amide bonds. The van der Waals surface area contributed by atoms with Crippen molar-refractivity contribution in [1.29, 1.82) is 0 Å². The summed E-state index contributed by atoms with van der Waals surface area (Å²) < 4.78 is 8.86. The second-order valence-corrected chi connectivity index (χ2v) is 3.79. The monoisotopic (exact) mass is 184 g/mol. The van der Waals surface area contributed by atoms with Gasteiger partial charge in [-0.1, -0.05) is 6.92 Å². The predicted molar refractivity (Wildman–Crippen MR) is 46.8 cm³/mol. The van der Waals surface area contributed by atoms with Gasteiger partial charge in [0.15, 0.2) is 0 Å². The highest BCUT2D eigenvalue weighted by molar-refractivity contribution is 7.46. The predicted octanol–water partition coefficient (Wildman–Crippen LogP) is 2.35. The maximum atomic E-state index is 5.13. The zero-order chi connectivity index (χ0) is 6.95. The Hall–Kier alpha value is 0.880. The summed E-state index contributed by atoms with van der Waals surface area (Å²) in [6, 6.07) is 0. The quantitative estimate of drug-likeness (QED) is 0.525. The van der Waals surface area contributed by atoms with Gasteiger partial charge in [0.2, 0.25) is 0 Å². The summed E-state index contributed by atoms with van der Waals surface area (Å²) in [5, 5.41) is 0. The lowest BCUT2D eigenvalue weighted by atomic mass is 10.5. The number of hydrogen-bond acceptors (Lipinski definition) is 2. The van der Waals surface area contributed by atoms with Crippen LogP contribution >= 0.6 is 26.9 Å². The fourth-order valence-electron chi connectivity index (χ4n) is 0.235. The van der Waals surface area contributed by atoms with Crippen LogP contribution in [0.5, 0.6) is 0 Å². The molecule has 6 heteroatoms. The van der Waals surface area contributed by atoms with Crippen LogP contribution in [0.4, 0.5) is 0 Å². The number of nitrogens with zero attached hydrogens (tertiary/aromatic N) is 1. The molecule has 3 nitrogen and oxygen atoms in total. The van der Waals surface area contributed by atoms with Crippen molar-refractivity contribution in [3.63, 3.8) is 0 Å². The van der Waals surface area contributed by atoms with Gasteiger partial charge in [-0.25, -0.2) is 9.37 Å². The van der Waals surface area contributed by atoms with Gasteiger partial charge in [-0.2, -0.15) is 0 Å². The summed E-state index contributed by atoms with van der Waals surface area (Å²) in [4.78, 5) is 2.96. The summed E-state index contributed by atoms with van der Waals surface area (Å²) in [5.74, 6) is 0. The first-order chi connectivity index (χ1) is 4.41. The molecule has 0 aliphatic rings. The van der Waals surface area contributed by atoms with Crippen LogP contribution in [0, 0.1) is 0 Å². The van der Waals surface area contributed by atoms with E-state index in [-0.39, 0.29) is 0 Å². The van der Waals surface area contributed by atoms with E-state index in [1.165, 1.54) is 0 Å². The van der Waals surface area contributed by atoms with Crippen molar-refractivity contribution in [2.24, 2.45) is 4.52 Å². The Labute approximate surface area is 61.5 Å². The third-order valence-corrected chi connectivity index (χ3v) is 2.11. The molecule has 2 unspecified atom stereocenters. The minimum atomic E-state index is 0.376. The van der Waals surface area contributed by atoms with Gasteiger partial charge in [0.1, 0.15) is 0 Å². The molecule has 0 aromatic carbocycles. The molecular weight excluding hydrogens is 173 g/mol. The molecule has 0 heterocycles. The van der Waals surface area contributed by atoms with Gasteiger partial charge in [0.05, 0.1) is 24.1 Å². The van der Waals surface area contributed by atoms with E-state index in [1.807, 2.05) is 0 Å². The normalized spacial score (nSPS) is 12.2. The number of hydrogen-bond donors (Lipinski definition) is 1. The van der Waals surface area contributed by atoms with Crippen molar-refractivity contribution in [2.45, 2.75) is 13.3 Å². The Morgan fingerprint density at radius 3 is 3.22 bits per heavy atom. The molecule has 9 heavy (non-hydrogen) atoms. The van der Waals surface area contributed by atoms with Crippen molar-refractivity contribution < 1.29 is 4.52 Å². The summed E-state index contributed by atoms with van der Waals surface area (Å²) in [6.45, 7) is 2.92. The first kappa shape index (κ1) is 9.88. The molecule has 0 radical (unpaired) electrons. The lowest BCUT2D eigenvalue weighted by Gasteiger charge is -1.96. The van der Waals surface area contributed by atoms with E-state index in [1.54, 1.807) is 0 Å². The molecule has 2 atom stereocenters. The fraction of sp³-hybridized carbons (Fsp3) is 1.00. The highest BCUT2D eigenvalue weighted by Gasteiger charge is 1.80. The van der Waals surface area contributed by atoms with E-state index in [0.717, 1.165) is 21.6 Å². The van der Waals surface area contributed by atoms with Gasteiger partial charge >= 0.3 is 0 Å². The molecule has 0 aliphatic heterocycles. The van der Waals surface area contributed by atoms with Crippen molar-refractivity contribution in [2.75, 3.05) is 6.61 Å². The molecule has 0 rings (SSSR count). The Kier molecular flexibility index (Phi) is 9.75. The Morgan fingerprint density at radius 2 is 2.67 bits per heavy atom. The van der Waals surface area contributed by atoms with Crippen LogP contribution in [0.15, 0.2) is 4.52 Å². The largest absolute Gasteiger partial charge is 0.346 e. The highest BCUT2D eigenvalue weighted by Crippen LogP contribution is 2.12. The Morgan fingerprint density at radius 1 is 1.89 bits per heavy atom. The van der Waals surface area contributed by atoms with Gasteiger partial charge in [-0.05, 0) is 15.8 Å². The lowest BCUT2D eigenvalue weighted by Crippen LogP contribution is -1.85. The van der Waals surface area contributed by atoms with Crippen molar-refractivity contribution in [3.05, 3.63) is 0 Å². The fourth-order valence-corrected chi connectivity index (χ4v) is 1.71. The molecule has 0 spiro atoms. The zero-order valence-electron chi connectivity index (χ0n) is 5.29. The van der Waals surface area contributed by atoms with E-state index >= 15 is 0 Å². The van der Waals surface area contributed by atoms with E-state index in [0.29, 0.717) is 8.96 Å². The molecule has 0 bridgehead atoms. The van der Waals surface area contributed by atoms with Gasteiger partial charge in [-0.15, -0.1) is 0 Å². The first-order valence-corrected chi connectivity index (χ1v) is 4.90. The smallest absolute Gasteiger partial charge is 0.0994 e. The van der Waals surface area contributed by atoms with Crippen LogP contribution in [-0.2, 0) is 4.52 Å². The Bertz CT molecular complexity index is 79.5. The molecule has 54 valence electrons. The van der Waals surface area contributed by atoms with Gasteiger partial charge in [0, 0.05) is 0 Å². The second-order valence-electron chi connectivity index (χ2n) is 1.28. The van der Waals surface area contributed by atoms with Crippen molar-refractivity contribution in [1.82, 2.24) is 4.86 Å². The maximum Gasteiger partial charge on any atom is 0.0994 e. The third-order valence-electron chi connectivity index (χ3n) is 0.532. The second kappa shape index (κ2) is 8.88. The van der Waals surface area contributed by atoms with Gasteiger partial charge < -0.3 is 4.52 Å². The van der Waals surface area contributed by atoms with Gasteiger partial charge in [0.25, 0.3) is 0 Å². The number of rotatable bonds is 5. The topological polar surface area (TPSA) is 33.6 Å².